The summed E-state index contributed by atoms with van der Waals surface area (Å²) in [4.78, 5) is 46.2. The zero-order chi connectivity index (χ0) is 38.6. The van der Waals surface area contributed by atoms with E-state index in [-0.39, 0.29) is 24.2 Å². The Kier molecular flexibility index (Phi) is 13.2. The van der Waals surface area contributed by atoms with E-state index < -0.39 is 23.7 Å². The molecule has 1 aliphatic rings. The highest BCUT2D eigenvalue weighted by Crippen LogP contribution is 2.51. The fraction of sp³-hybridized carbons (Fsp3) is 0.349. The van der Waals surface area contributed by atoms with Gasteiger partial charge in [-0.3, -0.25) is 14.4 Å². The summed E-state index contributed by atoms with van der Waals surface area (Å²) in [5.74, 6) is 0.298. The minimum absolute atomic E-state index is 0.00887. The van der Waals surface area contributed by atoms with E-state index >= 15 is 0 Å². The summed E-state index contributed by atoms with van der Waals surface area (Å²) < 4.78 is 17.1. The second-order valence-corrected chi connectivity index (χ2v) is 13.8. The highest BCUT2D eigenvalue weighted by Gasteiger charge is 2.59. The molecule has 1 saturated carbocycles. The number of nitrogens with zero attached hydrogens (tertiary/aromatic N) is 5. The standard InChI is InChI=1S/C43H48N6O6/c1-4-24-48(28-30-16-20-34(21-17-30)54-32-12-8-6-9-13-32)42(51)40-36(26-38-44-46-47-45-38)37(27-39(50)53-3)41(40)43(52)49(25-5-2)29-31-18-22-35(23-19-31)55-33-14-10-7-11-15-33/h6-23,36-37,40-41H,4-5,24-29H2,1-3H3,(H,44,45,46,47)/t36-,37-,40-,41-/m1/s1. The molecular formula is C43H48N6O6. The van der Waals surface area contributed by atoms with Crippen molar-refractivity contribution in [3.63, 3.8) is 0 Å². The van der Waals surface area contributed by atoms with Gasteiger partial charge in [-0.25, -0.2) is 5.10 Å². The van der Waals surface area contributed by atoms with Crippen molar-refractivity contribution in [1.29, 1.82) is 0 Å². The average Bonchev–Trinajstić information content (AvgIpc) is 3.73. The van der Waals surface area contributed by atoms with E-state index in [0.29, 0.717) is 56.3 Å². The lowest BCUT2D eigenvalue weighted by Gasteiger charge is -2.52. The topological polar surface area (TPSA) is 140 Å². The molecule has 0 unspecified atom stereocenters. The second-order valence-electron chi connectivity index (χ2n) is 13.8. The van der Waals surface area contributed by atoms with Crippen LogP contribution in [0.4, 0.5) is 0 Å². The smallest absolute Gasteiger partial charge is 0.305 e. The Hall–Kier alpha value is -6.04. The number of carbonyl (C=O) groups excluding carboxylic acids is 3. The number of aromatic nitrogens is 4. The van der Waals surface area contributed by atoms with Gasteiger partial charge in [0, 0.05) is 39.0 Å². The third-order valence-corrected chi connectivity index (χ3v) is 10.0. The van der Waals surface area contributed by atoms with E-state index in [9.17, 15) is 14.4 Å². The van der Waals surface area contributed by atoms with E-state index in [1.165, 1.54) is 7.11 Å². The Morgan fingerprint density at radius 3 is 1.51 bits per heavy atom. The van der Waals surface area contributed by atoms with Gasteiger partial charge >= 0.3 is 5.97 Å². The van der Waals surface area contributed by atoms with Crippen LogP contribution < -0.4 is 9.47 Å². The van der Waals surface area contributed by atoms with Crippen LogP contribution in [0.1, 0.15) is 50.1 Å². The van der Waals surface area contributed by atoms with Crippen LogP contribution in [0.15, 0.2) is 109 Å². The predicted octanol–water partition coefficient (Wildman–Crippen LogP) is 7.25. The molecule has 55 heavy (non-hydrogen) atoms. The number of benzene rings is 4. The summed E-state index contributed by atoms with van der Waals surface area (Å²) in [6, 6.07) is 34.4. The number of H-pyrrole nitrogens is 1. The Morgan fingerprint density at radius 2 is 1.09 bits per heavy atom. The van der Waals surface area contributed by atoms with Crippen LogP contribution in [0, 0.1) is 23.7 Å². The minimum Gasteiger partial charge on any atom is -0.469 e. The first-order valence-corrected chi connectivity index (χ1v) is 18.9. The lowest BCUT2D eigenvalue weighted by atomic mass is 9.53. The molecule has 0 aliphatic heterocycles. The Labute approximate surface area is 321 Å². The molecule has 5 aromatic rings. The maximum absolute atomic E-state index is 14.8. The average molecular weight is 745 g/mol. The van der Waals surface area contributed by atoms with Crippen molar-refractivity contribution >= 4 is 17.8 Å². The Morgan fingerprint density at radius 1 is 0.636 bits per heavy atom. The van der Waals surface area contributed by atoms with Crippen LogP contribution >= 0.6 is 0 Å². The zero-order valence-corrected chi connectivity index (χ0v) is 31.5. The summed E-state index contributed by atoms with van der Waals surface area (Å²) >= 11 is 0. The molecule has 1 aromatic heterocycles. The first kappa shape index (κ1) is 38.7. The summed E-state index contributed by atoms with van der Waals surface area (Å²) in [6.45, 7) is 5.71. The molecule has 2 amide bonds. The van der Waals surface area contributed by atoms with Gasteiger partial charge in [0.15, 0.2) is 0 Å². The zero-order valence-electron chi connectivity index (χ0n) is 31.5. The highest BCUT2D eigenvalue weighted by atomic mass is 16.5. The number of aromatic amines is 1. The van der Waals surface area contributed by atoms with Gasteiger partial charge in [-0.1, -0.05) is 74.5 Å². The molecular weight excluding hydrogens is 697 g/mol. The summed E-state index contributed by atoms with van der Waals surface area (Å²) in [5, 5.41) is 14.4. The van der Waals surface area contributed by atoms with Crippen LogP contribution in [0.25, 0.3) is 0 Å². The van der Waals surface area contributed by atoms with Crippen LogP contribution in [0.2, 0.25) is 0 Å². The summed E-state index contributed by atoms with van der Waals surface area (Å²) in [5.41, 5.74) is 1.85. The number of para-hydroxylation sites is 2. The first-order chi connectivity index (χ1) is 26.9. The van der Waals surface area contributed by atoms with Crippen molar-refractivity contribution in [3.8, 4) is 23.0 Å². The molecule has 1 aliphatic carbocycles. The summed E-state index contributed by atoms with van der Waals surface area (Å²) in [7, 11) is 1.34. The van der Waals surface area contributed by atoms with Gasteiger partial charge in [0.05, 0.1) is 18.9 Å². The molecule has 6 rings (SSSR count). The molecule has 1 fully saturated rings. The molecule has 286 valence electrons. The van der Waals surface area contributed by atoms with Gasteiger partial charge in [0.1, 0.15) is 28.8 Å². The van der Waals surface area contributed by atoms with Crippen LogP contribution in [-0.2, 0) is 38.6 Å². The maximum atomic E-state index is 14.8. The van der Waals surface area contributed by atoms with Gasteiger partial charge in [-0.2, -0.15) is 0 Å². The monoisotopic (exact) mass is 744 g/mol. The van der Waals surface area contributed by atoms with Crippen LogP contribution in [-0.4, -0.2) is 68.4 Å². The molecule has 12 nitrogen and oxygen atoms in total. The number of amides is 2. The van der Waals surface area contributed by atoms with Crippen molar-refractivity contribution in [3.05, 3.63) is 126 Å². The number of hydrogen-bond donors (Lipinski definition) is 1. The van der Waals surface area contributed by atoms with Gasteiger partial charge in [0.2, 0.25) is 11.8 Å². The van der Waals surface area contributed by atoms with Gasteiger partial charge < -0.3 is 24.0 Å². The normalized spacial score (nSPS) is 17.4. The molecule has 12 heteroatoms. The van der Waals surface area contributed by atoms with Crippen molar-refractivity contribution in [2.75, 3.05) is 20.2 Å². The third-order valence-electron chi connectivity index (χ3n) is 10.0. The van der Waals surface area contributed by atoms with Crippen molar-refractivity contribution in [2.45, 2.75) is 52.6 Å². The van der Waals surface area contributed by atoms with Crippen LogP contribution in [0.5, 0.6) is 23.0 Å². The number of carbonyl (C=O) groups is 3. The number of ether oxygens (including phenoxy) is 3. The van der Waals surface area contributed by atoms with E-state index in [1.807, 2.05) is 133 Å². The molecule has 1 N–H and O–H groups in total. The first-order valence-electron chi connectivity index (χ1n) is 18.9. The number of nitrogens with one attached hydrogen (secondary N) is 1. The molecule has 0 bridgehead atoms. The Bertz CT molecular complexity index is 1960. The van der Waals surface area contributed by atoms with Crippen molar-refractivity contribution in [1.82, 2.24) is 30.4 Å². The van der Waals surface area contributed by atoms with E-state index in [2.05, 4.69) is 20.6 Å². The summed E-state index contributed by atoms with van der Waals surface area (Å²) in [6.07, 6.45) is 1.73. The molecule has 0 radical (unpaired) electrons. The van der Waals surface area contributed by atoms with Gasteiger partial charge in [-0.05, 0) is 94.8 Å². The molecule has 4 aromatic carbocycles. The SMILES string of the molecule is CCCN(Cc1ccc(Oc2ccccc2)cc1)C(=O)[C@@H]1[C@H](CC(=O)OC)[C@@H](Cc2nnn[nH]2)[C@H]1C(=O)N(CCC)Cc1ccc(Oc2ccccc2)cc1. The van der Waals surface area contributed by atoms with Crippen molar-refractivity contribution in [2.24, 2.45) is 23.7 Å². The molecule has 4 atom stereocenters. The molecule has 0 spiro atoms. The molecule has 1 heterocycles. The highest BCUT2D eigenvalue weighted by molar-refractivity contribution is 5.91. The van der Waals surface area contributed by atoms with Gasteiger partial charge in [0.25, 0.3) is 0 Å². The second kappa shape index (κ2) is 18.8. The number of esters is 1. The number of methoxy groups -OCH3 is 1. The Balaban J connectivity index is 1.25. The quantitative estimate of drug-likeness (QED) is 0.0920. The lowest BCUT2D eigenvalue weighted by molar-refractivity contribution is -0.171. The third kappa shape index (κ3) is 9.94. The number of tetrazole rings is 1. The van der Waals surface area contributed by atoms with Crippen LogP contribution in [0.3, 0.4) is 0 Å². The minimum atomic E-state index is -0.749. The van der Waals surface area contributed by atoms with Crippen molar-refractivity contribution < 1.29 is 28.6 Å². The maximum Gasteiger partial charge on any atom is 0.305 e. The fourth-order valence-corrected chi connectivity index (χ4v) is 7.43. The molecule has 0 saturated heterocycles. The number of hydrogen-bond acceptors (Lipinski definition) is 9. The number of rotatable bonds is 18. The predicted molar refractivity (Wildman–Crippen MR) is 206 cm³/mol. The fourth-order valence-electron chi connectivity index (χ4n) is 7.43. The van der Waals surface area contributed by atoms with E-state index in [0.717, 1.165) is 29.0 Å². The van der Waals surface area contributed by atoms with Gasteiger partial charge in [-0.15, -0.1) is 5.10 Å². The van der Waals surface area contributed by atoms with E-state index in [4.69, 9.17) is 14.2 Å². The largest absolute Gasteiger partial charge is 0.469 e. The van der Waals surface area contributed by atoms with E-state index in [1.54, 1.807) is 0 Å². The lowest BCUT2D eigenvalue weighted by Crippen LogP contribution is -2.61.